The highest BCUT2D eigenvalue weighted by atomic mass is 14.3. The molecule has 0 bridgehead atoms. The number of benzene rings is 2. The molecule has 0 N–H and O–H groups in total. The first-order chi connectivity index (χ1) is 7.83. The summed E-state index contributed by atoms with van der Waals surface area (Å²) < 4.78 is 0. The quantitative estimate of drug-likeness (QED) is 0.667. The molecular formula is C16H16. The van der Waals surface area contributed by atoms with Crippen LogP contribution in [0.1, 0.15) is 28.2 Å². The van der Waals surface area contributed by atoms with Gasteiger partial charge < -0.3 is 0 Å². The van der Waals surface area contributed by atoms with Crippen LogP contribution < -0.4 is 0 Å². The first-order valence-corrected chi connectivity index (χ1v) is 5.96. The molecule has 0 saturated heterocycles. The van der Waals surface area contributed by atoms with Crippen molar-refractivity contribution in [2.45, 2.75) is 25.7 Å². The van der Waals surface area contributed by atoms with Gasteiger partial charge in [0.05, 0.1) is 0 Å². The summed E-state index contributed by atoms with van der Waals surface area (Å²) in [5.41, 5.74) is 5.90. The van der Waals surface area contributed by atoms with Crippen LogP contribution in [-0.2, 0) is 12.8 Å². The molecule has 0 atom stereocenters. The van der Waals surface area contributed by atoms with E-state index in [2.05, 4.69) is 55.5 Å². The molecule has 0 heteroatoms. The van der Waals surface area contributed by atoms with Gasteiger partial charge in [-0.25, -0.2) is 0 Å². The summed E-state index contributed by atoms with van der Waals surface area (Å²) in [6, 6.07) is 17.8. The zero-order chi connectivity index (χ0) is 11.0. The molecule has 0 amide bonds. The van der Waals surface area contributed by atoms with E-state index in [0.717, 1.165) is 0 Å². The summed E-state index contributed by atoms with van der Waals surface area (Å²) in [4.78, 5) is 0. The van der Waals surface area contributed by atoms with Crippen LogP contribution in [0.25, 0.3) is 0 Å². The zero-order valence-corrected chi connectivity index (χ0v) is 9.61. The second kappa shape index (κ2) is 3.79. The third kappa shape index (κ3) is 1.65. The van der Waals surface area contributed by atoms with E-state index in [1.54, 1.807) is 0 Å². The van der Waals surface area contributed by atoms with Crippen LogP contribution in [0.4, 0.5) is 0 Å². The number of fused-ring (bicyclic) bond motifs is 1. The number of aryl methyl sites for hydroxylation is 1. The topological polar surface area (TPSA) is 0 Å². The molecule has 3 rings (SSSR count). The lowest BCUT2D eigenvalue weighted by Crippen LogP contribution is -1.97. The predicted molar refractivity (Wildman–Crippen MR) is 67.8 cm³/mol. The molecule has 16 heavy (non-hydrogen) atoms. The Morgan fingerprint density at radius 1 is 0.812 bits per heavy atom. The molecule has 2 aromatic carbocycles. The summed E-state index contributed by atoms with van der Waals surface area (Å²) in [7, 11) is 0. The summed E-state index contributed by atoms with van der Waals surface area (Å²) >= 11 is 0. The van der Waals surface area contributed by atoms with E-state index >= 15 is 0 Å². The van der Waals surface area contributed by atoms with Gasteiger partial charge in [-0.3, -0.25) is 0 Å². The first-order valence-electron chi connectivity index (χ1n) is 5.96. The monoisotopic (exact) mass is 208 g/mol. The minimum atomic E-state index is 0.693. The summed E-state index contributed by atoms with van der Waals surface area (Å²) in [6.45, 7) is 2.15. The smallest absolute Gasteiger partial charge is 0.00808 e. The van der Waals surface area contributed by atoms with E-state index in [9.17, 15) is 0 Å². The molecule has 2 aromatic rings. The molecular weight excluding hydrogens is 192 g/mol. The third-order valence-electron chi connectivity index (χ3n) is 3.60. The second-order valence-corrected chi connectivity index (χ2v) is 4.78. The molecule has 0 saturated carbocycles. The Bertz CT molecular complexity index is 469. The first kappa shape index (κ1) is 9.65. The fourth-order valence-corrected chi connectivity index (χ4v) is 2.63. The molecule has 0 fully saturated rings. The van der Waals surface area contributed by atoms with Crippen LogP contribution in [0.5, 0.6) is 0 Å². The standard InChI is InChI=1S/C16H16/c1-12-6-8-13(9-7-12)16-10-14-4-2-3-5-15(14)11-16/h2-9,16H,10-11H2,1H3. The van der Waals surface area contributed by atoms with Gasteiger partial charge >= 0.3 is 0 Å². The zero-order valence-electron chi connectivity index (χ0n) is 9.61. The maximum absolute atomic E-state index is 2.28. The maximum atomic E-state index is 2.28. The van der Waals surface area contributed by atoms with Crippen molar-refractivity contribution in [3.05, 3.63) is 70.8 Å². The minimum Gasteiger partial charge on any atom is -0.0620 e. The molecule has 0 nitrogen and oxygen atoms in total. The number of rotatable bonds is 1. The summed E-state index contributed by atoms with van der Waals surface area (Å²) in [6.07, 6.45) is 2.42. The van der Waals surface area contributed by atoms with Crippen molar-refractivity contribution in [2.24, 2.45) is 0 Å². The van der Waals surface area contributed by atoms with Gasteiger partial charge in [0.15, 0.2) is 0 Å². The summed E-state index contributed by atoms with van der Waals surface area (Å²) in [5.74, 6) is 0.693. The molecule has 1 aliphatic carbocycles. The molecule has 0 aliphatic heterocycles. The van der Waals surface area contributed by atoms with Crippen LogP contribution in [0, 0.1) is 6.92 Å². The lowest BCUT2D eigenvalue weighted by molar-refractivity contribution is 0.741. The molecule has 0 heterocycles. The Morgan fingerprint density at radius 3 is 1.94 bits per heavy atom. The average molecular weight is 208 g/mol. The highest BCUT2D eigenvalue weighted by Crippen LogP contribution is 2.33. The molecule has 0 unspecified atom stereocenters. The van der Waals surface area contributed by atoms with Crippen LogP contribution >= 0.6 is 0 Å². The molecule has 80 valence electrons. The van der Waals surface area contributed by atoms with E-state index in [1.165, 1.54) is 35.1 Å². The normalized spacial score (nSPS) is 15.1. The Labute approximate surface area is 96.9 Å². The molecule has 0 aromatic heterocycles. The highest BCUT2D eigenvalue weighted by Gasteiger charge is 2.21. The molecule has 0 spiro atoms. The van der Waals surface area contributed by atoms with Crippen molar-refractivity contribution in [3.63, 3.8) is 0 Å². The van der Waals surface area contributed by atoms with Gasteiger partial charge in [-0.2, -0.15) is 0 Å². The second-order valence-electron chi connectivity index (χ2n) is 4.78. The van der Waals surface area contributed by atoms with Crippen molar-refractivity contribution in [3.8, 4) is 0 Å². The van der Waals surface area contributed by atoms with Gasteiger partial charge in [0, 0.05) is 0 Å². The Kier molecular flexibility index (Phi) is 2.28. The SMILES string of the molecule is Cc1ccc(C2Cc3ccccc3C2)cc1. The van der Waals surface area contributed by atoms with Gasteiger partial charge in [0.1, 0.15) is 0 Å². The Morgan fingerprint density at radius 2 is 1.38 bits per heavy atom. The van der Waals surface area contributed by atoms with Gasteiger partial charge in [-0.1, -0.05) is 54.1 Å². The van der Waals surface area contributed by atoms with E-state index in [0.29, 0.717) is 5.92 Å². The van der Waals surface area contributed by atoms with E-state index < -0.39 is 0 Å². The van der Waals surface area contributed by atoms with Crippen molar-refractivity contribution in [1.29, 1.82) is 0 Å². The minimum absolute atomic E-state index is 0.693. The third-order valence-corrected chi connectivity index (χ3v) is 3.60. The van der Waals surface area contributed by atoms with Crippen LogP contribution in [0.15, 0.2) is 48.5 Å². The molecule has 1 aliphatic rings. The fourth-order valence-electron chi connectivity index (χ4n) is 2.63. The van der Waals surface area contributed by atoms with Crippen molar-refractivity contribution >= 4 is 0 Å². The van der Waals surface area contributed by atoms with Gasteiger partial charge in [-0.05, 0) is 42.4 Å². The largest absolute Gasteiger partial charge is 0.0620 e. The van der Waals surface area contributed by atoms with E-state index in [1.807, 2.05) is 0 Å². The van der Waals surface area contributed by atoms with Crippen molar-refractivity contribution in [2.75, 3.05) is 0 Å². The lowest BCUT2D eigenvalue weighted by Gasteiger charge is -2.09. The van der Waals surface area contributed by atoms with E-state index in [4.69, 9.17) is 0 Å². The summed E-state index contributed by atoms with van der Waals surface area (Å²) in [5, 5.41) is 0. The van der Waals surface area contributed by atoms with Gasteiger partial charge in [-0.15, -0.1) is 0 Å². The Balaban J connectivity index is 1.88. The number of hydrogen-bond donors (Lipinski definition) is 0. The predicted octanol–water partition coefficient (Wildman–Crippen LogP) is 3.88. The van der Waals surface area contributed by atoms with Gasteiger partial charge in [0.25, 0.3) is 0 Å². The van der Waals surface area contributed by atoms with Crippen LogP contribution in [0.2, 0.25) is 0 Å². The highest BCUT2D eigenvalue weighted by molar-refractivity contribution is 5.38. The van der Waals surface area contributed by atoms with Crippen LogP contribution in [-0.4, -0.2) is 0 Å². The maximum Gasteiger partial charge on any atom is -0.00808 e. The average Bonchev–Trinajstić information content (AvgIpc) is 2.73. The van der Waals surface area contributed by atoms with Crippen LogP contribution in [0.3, 0.4) is 0 Å². The van der Waals surface area contributed by atoms with Crippen molar-refractivity contribution in [1.82, 2.24) is 0 Å². The number of hydrogen-bond acceptors (Lipinski definition) is 0. The Hall–Kier alpha value is -1.56. The molecule has 0 radical (unpaired) electrons. The lowest BCUT2D eigenvalue weighted by atomic mass is 9.95. The fraction of sp³-hybridized carbons (Fsp3) is 0.250. The van der Waals surface area contributed by atoms with E-state index in [-0.39, 0.29) is 0 Å². The van der Waals surface area contributed by atoms with Crippen molar-refractivity contribution < 1.29 is 0 Å². The van der Waals surface area contributed by atoms with Gasteiger partial charge in [0.2, 0.25) is 0 Å².